The fourth-order valence-electron chi connectivity index (χ4n) is 1.81. The second kappa shape index (κ2) is 4.49. The third-order valence-corrected chi connectivity index (χ3v) is 2.84. The van der Waals surface area contributed by atoms with Crippen molar-refractivity contribution in [1.82, 2.24) is 4.90 Å². The average molecular weight is 220 g/mol. The normalized spacial score (nSPS) is 17.4. The number of anilines is 1. The lowest BCUT2D eigenvalue weighted by molar-refractivity contribution is -0.385. The molecule has 1 aliphatic heterocycles. The summed E-state index contributed by atoms with van der Waals surface area (Å²) < 4.78 is 0. The summed E-state index contributed by atoms with van der Waals surface area (Å²) in [5, 5.41) is 10.6. The number of nitrogens with zero attached hydrogens (tertiary/aromatic N) is 3. The van der Waals surface area contributed by atoms with E-state index in [2.05, 4.69) is 22.9 Å². The third kappa shape index (κ3) is 2.30. The Morgan fingerprint density at radius 2 is 2.06 bits per heavy atom. The molecule has 1 aliphatic rings. The van der Waals surface area contributed by atoms with Gasteiger partial charge in [-0.25, -0.2) is 0 Å². The van der Waals surface area contributed by atoms with Crippen molar-refractivity contribution >= 4 is 11.4 Å². The van der Waals surface area contributed by atoms with E-state index in [4.69, 9.17) is 0 Å². The molecule has 0 amide bonds. The quantitative estimate of drug-likeness (QED) is 0.554. The van der Waals surface area contributed by atoms with Gasteiger partial charge < -0.3 is 9.80 Å². The van der Waals surface area contributed by atoms with Crippen LogP contribution in [0.5, 0.6) is 0 Å². The van der Waals surface area contributed by atoms with Crippen molar-refractivity contribution in [3.05, 3.63) is 34.4 Å². The summed E-state index contributed by atoms with van der Waals surface area (Å²) in [6, 6.07) is 7.70. The molecule has 1 fully saturated rings. The van der Waals surface area contributed by atoms with Gasteiger partial charge in [-0.2, -0.15) is 0 Å². The fourth-order valence-corrected chi connectivity index (χ4v) is 1.81. The van der Waals surface area contributed by atoms with E-state index in [1.165, 1.54) is 0 Å². The minimum atomic E-state index is -0.403. The van der Waals surface area contributed by atoms with E-state index in [1.54, 1.807) is 12.1 Å². The number of piperazine rings is 1. The molecule has 2 rings (SSSR count). The third-order valence-electron chi connectivity index (χ3n) is 2.84. The lowest BCUT2D eigenvalue weighted by Crippen LogP contribution is -2.44. The Morgan fingerprint density at radius 1 is 1.38 bits per heavy atom. The molecular weight excluding hydrogens is 206 g/mol. The SMILES string of the molecule is CN1CCN(c2cc[c]c([N+](=O)[O-])c2)CC1. The van der Waals surface area contributed by atoms with Crippen LogP contribution < -0.4 is 4.90 Å². The highest BCUT2D eigenvalue weighted by molar-refractivity contribution is 5.52. The number of nitro groups is 1. The van der Waals surface area contributed by atoms with E-state index in [9.17, 15) is 10.1 Å². The first-order valence-electron chi connectivity index (χ1n) is 5.26. The Hall–Kier alpha value is -1.62. The van der Waals surface area contributed by atoms with Gasteiger partial charge in [0, 0.05) is 37.9 Å². The second-order valence-corrected chi connectivity index (χ2v) is 3.98. The highest BCUT2D eigenvalue weighted by Crippen LogP contribution is 2.21. The number of likely N-dealkylation sites (N-methyl/N-ethyl adjacent to an activating group) is 1. The van der Waals surface area contributed by atoms with Crippen LogP contribution in [0.4, 0.5) is 11.4 Å². The van der Waals surface area contributed by atoms with Gasteiger partial charge in [0.25, 0.3) is 5.69 Å². The van der Waals surface area contributed by atoms with Crippen LogP contribution >= 0.6 is 0 Å². The zero-order valence-corrected chi connectivity index (χ0v) is 9.22. The van der Waals surface area contributed by atoms with E-state index in [1.807, 2.05) is 6.07 Å². The molecule has 0 unspecified atom stereocenters. The molecule has 5 nitrogen and oxygen atoms in total. The van der Waals surface area contributed by atoms with Crippen molar-refractivity contribution in [3.8, 4) is 0 Å². The molecule has 1 aromatic carbocycles. The monoisotopic (exact) mass is 220 g/mol. The molecule has 1 radical (unpaired) electrons. The molecule has 16 heavy (non-hydrogen) atoms. The van der Waals surface area contributed by atoms with Gasteiger partial charge in [0.15, 0.2) is 0 Å². The maximum Gasteiger partial charge on any atom is 0.279 e. The molecule has 0 aromatic heterocycles. The van der Waals surface area contributed by atoms with E-state index >= 15 is 0 Å². The van der Waals surface area contributed by atoms with Crippen LogP contribution in [0.3, 0.4) is 0 Å². The van der Waals surface area contributed by atoms with E-state index < -0.39 is 4.92 Å². The summed E-state index contributed by atoms with van der Waals surface area (Å²) in [6.45, 7) is 3.81. The number of non-ortho nitro benzene ring substituents is 1. The van der Waals surface area contributed by atoms with Crippen molar-refractivity contribution in [3.63, 3.8) is 0 Å². The van der Waals surface area contributed by atoms with E-state index in [0.717, 1.165) is 31.9 Å². The van der Waals surface area contributed by atoms with Crippen LogP contribution in [-0.2, 0) is 0 Å². The fraction of sp³-hybridized carbons (Fsp3) is 0.455. The Labute approximate surface area is 94.4 Å². The van der Waals surface area contributed by atoms with Crippen molar-refractivity contribution in [2.24, 2.45) is 0 Å². The summed E-state index contributed by atoms with van der Waals surface area (Å²) >= 11 is 0. The topological polar surface area (TPSA) is 49.6 Å². The van der Waals surface area contributed by atoms with Crippen LogP contribution in [-0.4, -0.2) is 43.0 Å². The lowest BCUT2D eigenvalue weighted by atomic mass is 10.2. The first kappa shape index (κ1) is 10.9. The summed E-state index contributed by atoms with van der Waals surface area (Å²) in [5.41, 5.74) is 0.954. The second-order valence-electron chi connectivity index (χ2n) is 3.98. The maximum atomic E-state index is 10.6. The molecule has 1 heterocycles. The largest absolute Gasteiger partial charge is 0.369 e. The standard InChI is InChI=1S/C11H14N3O2/c1-12-5-7-13(8-6-12)10-3-2-4-11(9-10)14(15)16/h2-3,9H,5-8H2,1H3. The first-order chi connectivity index (χ1) is 7.66. The van der Waals surface area contributed by atoms with Crippen LogP contribution in [0.25, 0.3) is 0 Å². The van der Waals surface area contributed by atoms with Gasteiger partial charge in [-0.1, -0.05) is 0 Å². The Morgan fingerprint density at radius 3 is 2.69 bits per heavy atom. The molecular formula is C11H14N3O2. The van der Waals surface area contributed by atoms with Crippen LogP contribution in [0.2, 0.25) is 0 Å². The average Bonchev–Trinajstić information content (AvgIpc) is 2.30. The van der Waals surface area contributed by atoms with Crippen molar-refractivity contribution in [1.29, 1.82) is 0 Å². The van der Waals surface area contributed by atoms with Crippen LogP contribution in [0.1, 0.15) is 0 Å². The van der Waals surface area contributed by atoms with E-state index in [0.29, 0.717) is 0 Å². The zero-order valence-electron chi connectivity index (χ0n) is 9.22. The van der Waals surface area contributed by atoms with Crippen LogP contribution in [0, 0.1) is 16.2 Å². The summed E-state index contributed by atoms with van der Waals surface area (Å²) in [5.74, 6) is 0. The molecule has 1 aromatic rings. The van der Waals surface area contributed by atoms with Gasteiger partial charge in [0.2, 0.25) is 0 Å². The molecule has 0 spiro atoms. The van der Waals surface area contributed by atoms with Crippen molar-refractivity contribution in [2.45, 2.75) is 0 Å². The molecule has 1 saturated heterocycles. The van der Waals surface area contributed by atoms with Gasteiger partial charge in [0.1, 0.15) is 0 Å². The number of benzene rings is 1. The summed E-state index contributed by atoms with van der Waals surface area (Å²) in [6.07, 6.45) is 0. The lowest BCUT2D eigenvalue weighted by Gasteiger charge is -2.33. The number of rotatable bonds is 2. The van der Waals surface area contributed by atoms with E-state index in [-0.39, 0.29) is 5.69 Å². The molecule has 0 aliphatic carbocycles. The number of hydrogen-bond donors (Lipinski definition) is 0. The Kier molecular flexibility index (Phi) is 3.05. The highest BCUT2D eigenvalue weighted by Gasteiger charge is 2.16. The van der Waals surface area contributed by atoms with Gasteiger partial charge in [-0.05, 0) is 19.2 Å². The molecule has 0 bridgehead atoms. The zero-order chi connectivity index (χ0) is 11.5. The van der Waals surface area contributed by atoms with Gasteiger partial charge in [-0.3, -0.25) is 10.1 Å². The molecule has 0 atom stereocenters. The predicted octanol–water partition coefficient (Wildman–Crippen LogP) is 1.15. The number of nitro benzene ring substituents is 1. The van der Waals surface area contributed by atoms with Gasteiger partial charge in [-0.15, -0.1) is 0 Å². The Bertz CT molecular complexity index is 387. The maximum absolute atomic E-state index is 10.6. The smallest absolute Gasteiger partial charge is 0.279 e. The summed E-state index contributed by atoms with van der Waals surface area (Å²) in [4.78, 5) is 14.6. The van der Waals surface area contributed by atoms with Gasteiger partial charge in [0.05, 0.1) is 11.0 Å². The predicted molar refractivity (Wildman–Crippen MR) is 61.6 cm³/mol. The first-order valence-corrected chi connectivity index (χ1v) is 5.26. The minimum Gasteiger partial charge on any atom is -0.369 e. The minimum absolute atomic E-state index is 0.0384. The molecule has 0 saturated carbocycles. The van der Waals surface area contributed by atoms with Gasteiger partial charge >= 0.3 is 0 Å². The van der Waals surface area contributed by atoms with Crippen LogP contribution in [0.15, 0.2) is 18.2 Å². The molecule has 85 valence electrons. The molecule has 0 N–H and O–H groups in total. The van der Waals surface area contributed by atoms with Crippen molar-refractivity contribution in [2.75, 3.05) is 38.1 Å². The number of hydrogen-bond acceptors (Lipinski definition) is 4. The summed E-state index contributed by atoms with van der Waals surface area (Å²) in [7, 11) is 2.08. The Balaban J connectivity index is 2.14. The highest BCUT2D eigenvalue weighted by atomic mass is 16.6. The molecule has 5 heteroatoms. The van der Waals surface area contributed by atoms with Crippen molar-refractivity contribution < 1.29 is 4.92 Å².